The van der Waals surface area contributed by atoms with Crippen molar-refractivity contribution in [3.05, 3.63) is 81.8 Å². The van der Waals surface area contributed by atoms with Gasteiger partial charge in [0.2, 0.25) is 0 Å². The summed E-state index contributed by atoms with van der Waals surface area (Å²) in [6, 6.07) is 15.5. The van der Waals surface area contributed by atoms with Crippen molar-refractivity contribution in [2.45, 2.75) is 20.5 Å². The van der Waals surface area contributed by atoms with Gasteiger partial charge in [-0.05, 0) is 37.6 Å². The van der Waals surface area contributed by atoms with Crippen molar-refractivity contribution in [3.63, 3.8) is 0 Å². The lowest BCUT2D eigenvalue weighted by Gasteiger charge is -2.14. The van der Waals surface area contributed by atoms with Gasteiger partial charge in [-0.3, -0.25) is 0 Å². The molecule has 0 aliphatic rings. The molecule has 0 bridgehead atoms. The Bertz CT molecular complexity index is 995. The Hall–Kier alpha value is -3.12. The second kappa shape index (κ2) is 9.89. The third-order valence-corrected chi connectivity index (χ3v) is 5.06. The van der Waals surface area contributed by atoms with Gasteiger partial charge in [0.25, 0.3) is 0 Å². The number of rotatable bonds is 8. The van der Waals surface area contributed by atoms with Crippen LogP contribution in [0.25, 0.3) is 5.57 Å². The summed E-state index contributed by atoms with van der Waals surface area (Å²) in [6.45, 7) is 4.49. The molecule has 0 atom stereocenters. The Labute approximate surface area is 174 Å². The molecule has 6 heteroatoms. The van der Waals surface area contributed by atoms with E-state index in [0.717, 1.165) is 16.0 Å². The van der Waals surface area contributed by atoms with Crippen LogP contribution in [0.5, 0.6) is 11.5 Å². The number of esters is 1. The fourth-order valence-corrected chi connectivity index (χ4v) is 3.56. The molecular formula is C23H23NO4S. The van der Waals surface area contributed by atoms with Crippen LogP contribution in [0.4, 0.5) is 0 Å². The molecular weight excluding hydrogens is 386 g/mol. The number of benzene rings is 2. The van der Waals surface area contributed by atoms with Crippen LogP contribution in [0.2, 0.25) is 0 Å². The maximum absolute atomic E-state index is 12.2. The van der Waals surface area contributed by atoms with Gasteiger partial charge in [0.1, 0.15) is 23.1 Å². The highest BCUT2D eigenvalue weighted by molar-refractivity contribution is 7.12. The van der Waals surface area contributed by atoms with Crippen LogP contribution in [0.1, 0.15) is 27.9 Å². The fourth-order valence-electron chi connectivity index (χ4n) is 2.76. The molecule has 29 heavy (non-hydrogen) atoms. The average molecular weight is 410 g/mol. The number of carbonyl (C=O) groups excluding carboxylic acids is 1. The van der Waals surface area contributed by atoms with E-state index in [1.807, 2.05) is 55.5 Å². The SMILES string of the molecule is CCOC(=O)/C=C(\c1ncc(C)s1)c1cc(OCc2ccccc2)ccc1OC. The molecule has 1 heterocycles. The molecule has 2 aromatic carbocycles. The zero-order valence-corrected chi connectivity index (χ0v) is 17.5. The van der Waals surface area contributed by atoms with Gasteiger partial charge in [-0.25, -0.2) is 9.78 Å². The van der Waals surface area contributed by atoms with Crippen LogP contribution in [-0.4, -0.2) is 24.7 Å². The van der Waals surface area contributed by atoms with E-state index in [0.29, 0.717) is 35.3 Å². The molecule has 3 aromatic rings. The Morgan fingerprint density at radius 2 is 1.97 bits per heavy atom. The van der Waals surface area contributed by atoms with Crippen LogP contribution in [-0.2, 0) is 16.1 Å². The van der Waals surface area contributed by atoms with Crippen molar-refractivity contribution in [2.75, 3.05) is 13.7 Å². The molecule has 1 aromatic heterocycles. The number of hydrogen-bond acceptors (Lipinski definition) is 6. The van der Waals surface area contributed by atoms with E-state index in [4.69, 9.17) is 14.2 Å². The monoisotopic (exact) mass is 409 g/mol. The number of ether oxygens (including phenoxy) is 3. The Morgan fingerprint density at radius 1 is 1.17 bits per heavy atom. The van der Waals surface area contributed by atoms with E-state index in [1.54, 1.807) is 20.2 Å². The second-order valence-corrected chi connectivity index (χ2v) is 7.46. The molecule has 0 fully saturated rings. The first-order chi connectivity index (χ1) is 14.1. The average Bonchev–Trinajstić information content (AvgIpc) is 3.17. The summed E-state index contributed by atoms with van der Waals surface area (Å²) in [4.78, 5) is 17.7. The smallest absolute Gasteiger partial charge is 0.331 e. The number of aryl methyl sites for hydroxylation is 1. The number of methoxy groups -OCH3 is 1. The quantitative estimate of drug-likeness (QED) is 0.386. The lowest BCUT2D eigenvalue weighted by molar-refractivity contribution is -0.137. The van der Waals surface area contributed by atoms with Gasteiger partial charge in [0.05, 0.1) is 13.7 Å². The van der Waals surface area contributed by atoms with Crippen molar-refractivity contribution < 1.29 is 19.0 Å². The van der Waals surface area contributed by atoms with Gasteiger partial charge in [0, 0.05) is 28.3 Å². The molecule has 0 unspecified atom stereocenters. The third-order valence-electron chi connectivity index (χ3n) is 4.11. The maximum atomic E-state index is 12.2. The van der Waals surface area contributed by atoms with Gasteiger partial charge in [-0.2, -0.15) is 0 Å². The summed E-state index contributed by atoms with van der Waals surface area (Å²) in [7, 11) is 1.60. The summed E-state index contributed by atoms with van der Waals surface area (Å²) in [5.41, 5.74) is 2.44. The second-order valence-electron chi connectivity index (χ2n) is 6.22. The molecule has 0 aliphatic carbocycles. The van der Waals surface area contributed by atoms with E-state index in [1.165, 1.54) is 17.4 Å². The molecule has 0 saturated heterocycles. The zero-order valence-electron chi connectivity index (χ0n) is 16.7. The summed E-state index contributed by atoms with van der Waals surface area (Å²) in [5, 5.41) is 0.717. The van der Waals surface area contributed by atoms with Gasteiger partial charge in [0.15, 0.2) is 0 Å². The Kier molecular flexibility index (Phi) is 7.03. The van der Waals surface area contributed by atoms with Gasteiger partial charge >= 0.3 is 5.97 Å². The van der Waals surface area contributed by atoms with Crippen LogP contribution >= 0.6 is 11.3 Å². The summed E-state index contributed by atoms with van der Waals surface area (Å²) >= 11 is 1.50. The molecule has 0 amide bonds. The summed E-state index contributed by atoms with van der Waals surface area (Å²) < 4.78 is 16.6. The standard InChI is InChI=1S/C23H23NO4S/c1-4-27-22(25)13-20(23-24-14-16(2)29-23)19-12-18(10-11-21(19)26-3)28-15-17-8-6-5-7-9-17/h5-14H,4,15H2,1-3H3/b20-13-. The highest BCUT2D eigenvalue weighted by atomic mass is 32.1. The minimum atomic E-state index is -0.423. The first-order valence-electron chi connectivity index (χ1n) is 9.27. The van der Waals surface area contributed by atoms with Crippen molar-refractivity contribution >= 4 is 22.9 Å². The van der Waals surface area contributed by atoms with Crippen molar-refractivity contribution in [3.8, 4) is 11.5 Å². The van der Waals surface area contributed by atoms with E-state index in [9.17, 15) is 4.79 Å². The highest BCUT2D eigenvalue weighted by Gasteiger charge is 2.17. The first-order valence-corrected chi connectivity index (χ1v) is 10.1. The Morgan fingerprint density at radius 3 is 2.62 bits per heavy atom. The molecule has 0 radical (unpaired) electrons. The van der Waals surface area contributed by atoms with Crippen molar-refractivity contribution in [2.24, 2.45) is 0 Å². The lowest BCUT2D eigenvalue weighted by atomic mass is 10.0. The van der Waals surface area contributed by atoms with Gasteiger partial charge < -0.3 is 14.2 Å². The van der Waals surface area contributed by atoms with Crippen LogP contribution < -0.4 is 9.47 Å². The number of hydrogen-bond donors (Lipinski definition) is 0. The van der Waals surface area contributed by atoms with E-state index in [-0.39, 0.29) is 0 Å². The minimum Gasteiger partial charge on any atom is -0.496 e. The first kappa shape index (κ1) is 20.6. The van der Waals surface area contributed by atoms with Crippen molar-refractivity contribution in [1.82, 2.24) is 4.98 Å². The predicted octanol–water partition coefficient (Wildman–Crippen LogP) is 5.03. The predicted molar refractivity (Wildman–Crippen MR) is 114 cm³/mol. The van der Waals surface area contributed by atoms with Crippen molar-refractivity contribution in [1.29, 1.82) is 0 Å². The number of nitrogens with zero attached hydrogens (tertiary/aromatic N) is 1. The van der Waals surface area contributed by atoms with Gasteiger partial charge in [-0.1, -0.05) is 30.3 Å². The largest absolute Gasteiger partial charge is 0.496 e. The lowest BCUT2D eigenvalue weighted by Crippen LogP contribution is -2.03. The maximum Gasteiger partial charge on any atom is 0.331 e. The third kappa shape index (κ3) is 5.45. The summed E-state index contributed by atoms with van der Waals surface area (Å²) in [5.74, 6) is 0.876. The van der Waals surface area contributed by atoms with Crippen LogP contribution in [0.15, 0.2) is 60.8 Å². The minimum absolute atomic E-state index is 0.302. The zero-order chi connectivity index (χ0) is 20.6. The van der Waals surface area contributed by atoms with E-state index >= 15 is 0 Å². The molecule has 0 N–H and O–H groups in total. The normalized spacial score (nSPS) is 11.2. The van der Waals surface area contributed by atoms with E-state index in [2.05, 4.69) is 4.98 Å². The highest BCUT2D eigenvalue weighted by Crippen LogP contribution is 2.36. The molecule has 0 aliphatic heterocycles. The van der Waals surface area contributed by atoms with E-state index < -0.39 is 5.97 Å². The number of carbonyl (C=O) groups is 1. The van der Waals surface area contributed by atoms with Crippen LogP contribution in [0.3, 0.4) is 0 Å². The number of aromatic nitrogens is 1. The molecule has 5 nitrogen and oxygen atoms in total. The van der Waals surface area contributed by atoms with Crippen LogP contribution in [0, 0.1) is 6.92 Å². The Balaban J connectivity index is 1.98. The molecule has 0 saturated carbocycles. The molecule has 0 spiro atoms. The molecule has 3 rings (SSSR count). The molecule has 150 valence electrons. The van der Waals surface area contributed by atoms with Gasteiger partial charge in [-0.15, -0.1) is 11.3 Å². The topological polar surface area (TPSA) is 57.7 Å². The summed E-state index contributed by atoms with van der Waals surface area (Å²) in [6.07, 6.45) is 3.24. The number of thiazole rings is 1. The fraction of sp³-hybridized carbons (Fsp3) is 0.217.